The molecule has 2 N–H and O–H groups in total. The Labute approximate surface area is 199 Å². The molecule has 2 aliphatic rings. The van der Waals surface area contributed by atoms with Crippen LogP contribution in [0.4, 0.5) is 5.00 Å². The molecule has 2 aromatic rings. The van der Waals surface area contributed by atoms with E-state index in [1.807, 2.05) is 14.0 Å². The summed E-state index contributed by atoms with van der Waals surface area (Å²) in [4.78, 5) is 29.0. The number of hydrogen-bond donors (Lipinski definition) is 2. The topological polar surface area (TPSA) is 98.8 Å². The van der Waals surface area contributed by atoms with E-state index in [0.29, 0.717) is 22.7 Å². The Kier molecular flexibility index (Phi) is 6.90. The van der Waals surface area contributed by atoms with Gasteiger partial charge in [-0.05, 0) is 63.1 Å². The number of carbonyl (C=O) groups is 2. The fraction of sp³-hybridized carbons (Fsp3) is 0.478. The third-order valence-electron chi connectivity index (χ3n) is 6.39. The molecule has 1 aromatic heterocycles. The molecule has 8 nitrogen and oxygen atoms in total. The largest absolute Gasteiger partial charge is 0.355 e. The molecule has 0 radical (unpaired) electrons. The Morgan fingerprint density at radius 3 is 2.48 bits per heavy atom. The minimum absolute atomic E-state index is 0.0289. The second kappa shape index (κ2) is 9.54. The van der Waals surface area contributed by atoms with E-state index in [1.54, 1.807) is 11.4 Å². The van der Waals surface area contributed by atoms with E-state index in [9.17, 15) is 18.0 Å². The van der Waals surface area contributed by atoms with Gasteiger partial charge in [-0.1, -0.05) is 6.42 Å². The lowest BCUT2D eigenvalue weighted by atomic mass is 10.0. The lowest BCUT2D eigenvalue weighted by Gasteiger charge is -2.32. The number of thiophene rings is 1. The van der Waals surface area contributed by atoms with Gasteiger partial charge in [0.1, 0.15) is 5.00 Å². The molecule has 2 amide bonds. The summed E-state index contributed by atoms with van der Waals surface area (Å²) in [5.41, 5.74) is 1.86. The number of amides is 2. The number of anilines is 1. The number of benzene rings is 1. The monoisotopic (exact) mass is 490 g/mol. The lowest BCUT2D eigenvalue weighted by Crippen LogP contribution is -2.41. The van der Waals surface area contributed by atoms with Crippen molar-refractivity contribution in [2.45, 2.75) is 50.1 Å². The average molecular weight is 491 g/mol. The molecule has 2 aliphatic heterocycles. The molecular formula is C23H30N4O4S2. The second-order valence-corrected chi connectivity index (χ2v) is 11.7. The Morgan fingerprint density at radius 1 is 1.09 bits per heavy atom. The van der Waals surface area contributed by atoms with Gasteiger partial charge in [-0.15, -0.1) is 11.3 Å². The number of carbonyl (C=O) groups excluding carboxylic acids is 2. The van der Waals surface area contributed by atoms with Crippen molar-refractivity contribution in [3.63, 3.8) is 0 Å². The van der Waals surface area contributed by atoms with Crippen molar-refractivity contribution in [3.05, 3.63) is 45.8 Å². The van der Waals surface area contributed by atoms with Crippen LogP contribution in [-0.4, -0.2) is 62.7 Å². The maximum absolute atomic E-state index is 13.0. The molecule has 0 spiro atoms. The highest BCUT2D eigenvalue weighted by molar-refractivity contribution is 7.89. The van der Waals surface area contributed by atoms with Crippen LogP contribution in [0.5, 0.6) is 0 Å². The van der Waals surface area contributed by atoms with Crippen LogP contribution in [0.1, 0.15) is 57.3 Å². The van der Waals surface area contributed by atoms with Gasteiger partial charge in [0.05, 0.1) is 10.5 Å². The summed E-state index contributed by atoms with van der Waals surface area (Å²) < 4.78 is 27.6. The maximum atomic E-state index is 13.0. The highest BCUT2D eigenvalue weighted by Gasteiger charge is 2.31. The zero-order valence-electron chi connectivity index (χ0n) is 19.2. The van der Waals surface area contributed by atoms with Crippen LogP contribution in [0, 0.1) is 0 Å². The second-order valence-electron chi connectivity index (χ2n) is 8.71. The maximum Gasteiger partial charge on any atom is 0.256 e. The Hall–Kier alpha value is -2.27. The molecule has 4 rings (SSSR count). The first-order chi connectivity index (χ1) is 15.7. The van der Waals surface area contributed by atoms with Crippen LogP contribution >= 0.6 is 11.3 Å². The van der Waals surface area contributed by atoms with Gasteiger partial charge in [-0.2, -0.15) is 4.31 Å². The fourth-order valence-corrected chi connectivity index (χ4v) is 7.52. The Morgan fingerprint density at radius 2 is 1.82 bits per heavy atom. The summed E-state index contributed by atoms with van der Waals surface area (Å²) in [5.74, 6) is -0.591. The van der Waals surface area contributed by atoms with Gasteiger partial charge in [-0.3, -0.25) is 9.59 Å². The van der Waals surface area contributed by atoms with Crippen molar-refractivity contribution in [3.8, 4) is 0 Å². The number of likely N-dealkylation sites (N-methyl/N-ethyl adjacent to an activating group) is 1. The highest BCUT2D eigenvalue weighted by atomic mass is 32.2. The number of piperidine rings is 1. The number of sulfonamides is 1. The van der Waals surface area contributed by atoms with Crippen LogP contribution < -0.4 is 10.6 Å². The van der Waals surface area contributed by atoms with E-state index in [-0.39, 0.29) is 22.8 Å². The van der Waals surface area contributed by atoms with E-state index in [0.717, 1.165) is 49.2 Å². The van der Waals surface area contributed by atoms with E-state index < -0.39 is 10.0 Å². The average Bonchev–Trinajstić information content (AvgIpc) is 3.15. The summed E-state index contributed by atoms with van der Waals surface area (Å²) in [5, 5.41) is 6.08. The third-order valence-corrected chi connectivity index (χ3v) is 9.55. The summed E-state index contributed by atoms with van der Waals surface area (Å²) in [6.07, 6.45) is 3.50. The van der Waals surface area contributed by atoms with Gasteiger partial charge < -0.3 is 15.5 Å². The van der Waals surface area contributed by atoms with Crippen LogP contribution in [0.3, 0.4) is 0 Å². The molecule has 0 unspecified atom stereocenters. The molecule has 0 saturated carbocycles. The normalized spacial score (nSPS) is 19.7. The van der Waals surface area contributed by atoms with Gasteiger partial charge in [0.2, 0.25) is 10.0 Å². The first kappa shape index (κ1) is 23.9. The van der Waals surface area contributed by atoms with E-state index in [4.69, 9.17) is 0 Å². The molecular weight excluding hydrogens is 460 g/mol. The standard InChI is InChI=1S/C23H30N4O4S2/c1-15-6-4-5-12-27(15)33(30,31)17-9-7-16(8-10-17)21(28)25-23-20(22(29)24-2)18-11-13-26(3)14-19(18)32-23/h7-10,15H,4-6,11-14H2,1-3H3,(H,24,29)(H,25,28)/t15-/m1/s1. The minimum Gasteiger partial charge on any atom is -0.355 e. The van der Waals surface area contributed by atoms with Gasteiger partial charge in [0.25, 0.3) is 11.8 Å². The molecule has 1 saturated heterocycles. The number of nitrogens with zero attached hydrogens (tertiary/aromatic N) is 2. The Balaban J connectivity index is 1.56. The van der Waals surface area contributed by atoms with Gasteiger partial charge in [0.15, 0.2) is 0 Å². The van der Waals surface area contributed by atoms with Crippen molar-refractivity contribution in [2.24, 2.45) is 0 Å². The van der Waals surface area contributed by atoms with Crippen molar-refractivity contribution >= 4 is 38.2 Å². The summed E-state index contributed by atoms with van der Waals surface area (Å²) in [6.45, 7) is 4.04. The van der Waals surface area contributed by atoms with Crippen LogP contribution in [0.2, 0.25) is 0 Å². The highest BCUT2D eigenvalue weighted by Crippen LogP contribution is 2.37. The van der Waals surface area contributed by atoms with Crippen LogP contribution in [-0.2, 0) is 23.0 Å². The van der Waals surface area contributed by atoms with E-state index >= 15 is 0 Å². The molecule has 33 heavy (non-hydrogen) atoms. The van der Waals surface area contributed by atoms with Crippen molar-refractivity contribution in [2.75, 3.05) is 32.5 Å². The molecule has 3 heterocycles. The SMILES string of the molecule is CNC(=O)c1c(NC(=O)c2ccc(S(=O)(=O)N3CCCC[C@H]3C)cc2)sc2c1CCN(C)C2. The van der Waals surface area contributed by atoms with Crippen molar-refractivity contribution in [1.29, 1.82) is 0 Å². The molecule has 1 aromatic carbocycles. The Bertz CT molecular complexity index is 1160. The molecule has 0 bridgehead atoms. The fourth-order valence-electron chi connectivity index (χ4n) is 4.50. The van der Waals surface area contributed by atoms with Crippen LogP contribution in [0.25, 0.3) is 0 Å². The molecule has 1 fully saturated rings. The smallest absolute Gasteiger partial charge is 0.256 e. The first-order valence-electron chi connectivity index (χ1n) is 11.2. The number of nitrogens with one attached hydrogen (secondary N) is 2. The molecule has 0 aliphatic carbocycles. The minimum atomic E-state index is -3.60. The summed E-state index contributed by atoms with van der Waals surface area (Å²) in [7, 11) is 0.0120. The number of rotatable bonds is 5. The summed E-state index contributed by atoms with van der Waals surface area (Å²) in [6, 6.07) is 5.99. The first-order valence-corrected chi connectivity index (χ1v) is 13.5. The van der Waals surface area contributed by atoms with E-state index in [1.165, 1.54) is 35.6 Å². The van der Waals surface area contributed by atoms with Gasteiger partial charge >= 0.3 is 0 Å². The van der Waals surface area contributed by atoms with Gasteiger partial charge in [-0.25, -0.2) is 8.42 Å². The van der Waals surface area contributed by atoms with E-state index in [2.05, 4.69) is 15.5 Å². The quantitative estimate of drug-likeness (QED) is 0.672. The number of fused-ring (bicyclic) bond motifs is 1. The zero-order chi connectivity index (χ0) is 23.8. The van der Waals surface area contributed by atoms with Crippen molar-refractivity contribution < 1.29 is 18.0 Å². The summed E-state index contributed by atoms with van der Waals surface area (Å²) >= 11 is 1.42. The number of hydrogen-bond acceptors (Lipinski definition) is 6. The predicted molar refractivity (Wildman–Crippen MR) is 129 cm³/mol. The molecule has 178 valence electrons. The van der Waals surface area contributed by atoms with Crippen LogP contribution in [0.15, 0.2) is 29.2 Å². The molecule has 10 heteroatoms. The zero-order valence-corrected chi connectivity index (χ0v) is 20.8. The van der Waals surface area contributed by atoms with Crippen molar-refractivity contribution in [1.82, 2.24) is 14.5 Å². The lowest BCUT2D eigenvalue weighted by molar-refractivity contribution is 0.0962. The molecule has 1 atom stereocenters. The third kappa shape index (κ3) is 4.70. The predicted octanol–water partition coefficient (Wildman–Crippen LogP) is 2.91. The van der Waals surface area contributed by atoms with Gasteiger partial charge in [0, 0.05) is 43.2 Å².